The minimum absolute atomic E-state index is 0.420. The lowest BCUT2D eigenvalue weighted by Gasteiger charge is -2.15. The maximum absolute atomic E-state index is 4.22. The normalized spacial score (nSPS) is 11.9. The molecule has 0 saturated heterocycles. The van der Waals surface area contributed by atoms with E-state index >= 15 is 0 Å². The third kappa shape index (κ3) is 3.72. The number of hydrogen-bond acceptors (Lipinski definition) is 0. The Balaban J connectivity index is 2.16. The van der Waals surface area contributed by atoms with Gasteiger partial charge in [-0.1, -0.05) is 93.6 Å². The molecule has 0 spiro atoms. The zero-order valence-corrected chi connectivity index (χ0v) is 13.1. The van der Waals surface area contributed by atoms with Gasteiger partial charge in [-0.05, 0) is 28.7 Å². The Morgan fingerprint density at radius 2 is 1.48 bits per heavy atom. The summed E-state index contributed by atoms with van der Waals surface area (Å²) in [6, 6.07) is 19.1. The van der Waals surface area contributed by atoms with Gasteiger partial charge >= 0.3 is 0 Å². The van der Waals surface area contributed by atoms with Crippen LogP contribution in [0.3, 0.4) is 0 Å². The highest BCUT2D eigenvalue weighted by atomic mass is 14.1. The molecule has 0 saturated carbocycles. The van der Waals surface area contributed by atoms with Crippen molar-refractivity contribution < 1.29 is 0 Å². The first-order valence-electron chi connectivity index (χ1n) is 7.65. The van der Waals surface area contributed by atoms with Crippen molar-refractivity contribution in [2.24, 2.45) is 0 Å². The molecule has 21 heavy (non-hydrogen) atoms. The van der Waals surface area contributed by atoms with Gasteiger partial charge in [0.1, 0.15) is 0 Å². The first-order chi connectivity index (χ1) is 10.1. The van der Waals surface area contributed by atoms with E-state index in [9.17, 15) is 0 Å². The zero-order valence-electron chi connectivity index (χ0n) is 13.1. The van der Waals surface area contributed by atoms with E-state index in [1.54, 1.807) is 0 Å². The van der Waals surface area contributed by atoms with Gasteiger partial charge in [-0.2, -0.15) is 0 Å². The van der Waals surface area contributed by atoms with E-state index in [0.717, 1.165) is 18.4 Å². The minimum Gasteiger partial charge on any atom is -0.0993 e. The second kappa shape index (κ2) is 7.08. The lowest BCUT2D eigenvalue weighted by Crippen LogP contribution is -1.97. The van der Waals surface area contributed by atoms with Gasteiger partial charge in [-0.3, -0.25) is 0 Å². The summed E-state index contributed by atoms with van der Waals surface area (Å²) in [4.78, 5) is 0. The molecule has 0 N–H and O–H groups in total. The smallest absolute Gasteiger partial charge is 0.00171 e. The van der Waals surface area contributed by atoms with Crippen molar-refractivity contribution in [1.82, 2.24) is 0 Å². The topological polar surface area (TPSA) is 0 Å². The van der Waals surface area contributed by atoms with Crippen LogP contribution in [-0.4, -0.2) is 0 Å². The Labute approximate surface area is 128 Å². The number of benzene rings is 2. The van der Waals surface area contributed by atoms with Crippen molar-refractivity contribution in [3.63, 3.8) is 0 Å². The zero-order chi connectivity index (χ0) is 15.2. The fourth-order valence-corrected chi connectivity index (χ4v) is 2.55. The molecule has 0 aliphatic heterocycles. The number of rotatable bonds is 6. The SMILES string of the molecule is C=C(c1ccccc1)c1ccc(C(C)C(=C)CCC)cc1. The number of allylic oxidation sites excluding steroid dienone is 1. The van der Waals surface area contributed by atoms with Gasteiger partial charge < -0.3 is 0 Å². The molecule has 0 heterocycles. The Hall–Kier alpha value is -2.08. The maximum Gasteiger partial charge on any atom is 0.00171 e. The van der Waals surface area contributed by atoms with Crippen molar-refractivity contribution in [3.8, 4) is 0 Å². The quantitative estimate of drug-likeness (QED) is 0.550. The van der Waals surface area contributed by atoms with E-state index in [1.807, 2.05) is 18.2 Å². The molecule has 0 heteroatoms. The van der Waals surface area contributed by atoms with Crippen LogP contribution in [0.15, 0.2) is 73.3 Å². The minimum atomic E-state index is 0.420. The molecular weight excluding hydrogens is 252 g/mol. The van der Waals surface area contributed by atoms with Crippen molar-refractivity contribution in [1.29, 1.82) is 0 Å². The molecule has 2 rings (SSSR count). The van der Waals surface area contributed by atoms with Gasteiger partial charge in [0.05, 0.1) is 0 Å². The van der Waals surface area contributed by atoms with Crippen LogP contribution in [0.2, 0.25) is 0 Å². The van der Waals surface area contributed by atoms with Crippen LogP contribution in [0, 0.1) is 0 Å². The average Bonchev–Trinajstić information content (AvgIpc) is 2.54. The van der Waals surface area contributed by atoms with Crippen molar-refractivity contribution in [2.75, 3.05) is 0 Å². The Bertz CT molecular complexity index is 602. The Kier molecular flexibility index (Phi) is 5.16. The molecule has 108 valence electrons. The van der Waals surface area contributed by atoms with Crippen LogP contribution in [-0.2, 0) is 0 Å². The molecule has 0 bridgehead atoms. The molecule has 1 atom stereocenters. The summed E-state index contributed by atoms with van der Waals surface area (Å²) in [6.45, 7) is 12.9. The van der Waals surface area contributed by atoms with E-state index in [1.165, 1.54) is 22.3 Å². The van der Waals surface area contributed by atoms with Crippen LogP contribution in [0.4, 0.5) is 0 Å². The van der Waals surface area contributed by atoms with Gasteiger partial charge in [-0.25, -0.2) is 0 Å². The van der Waals surface area contributed by atoms with E-state index in [0.29, 0.717) is 5.92 Å². The fourth-order valence-electron chi connectivity index (χ4n) is 2.55. The monoisotopic (exact) mass is 276 g/mol. The summed E-state index contributed by atoms with van der Waals surface area (Å²) in [5.74, 6) is 0.420. The molecule has 2 aromatic carbocycles. The van der Waals surface area contributed by atoms with Crippen LogP contribution < -0.4 is 0 Å². The molecule has 0 radical (unpaired) electrons. The molecule has 0 aliphatic carbocycles. The third-order valence-corrected chi connectivity index (χ3v) is 4.06. The molecule has 0 aromatic heterocycles. The fraction of sp³-hybridized carbons (Fsp3) is 0.238. The molecule has 1 unspecified atom stereocenters. The number of hydrogen-bond donors (Lipinski definition) is 0. The summed E-state index contributed by atoms with van der Waals surface area (Å²) in [5, 5.41) is 0. The lowest BCUT2D eigenvalue weighted by molar-refractivity contribution is 0.787. The second-order valence-electron chi connectivity index (χ2n) is 5.60. The molecule has 2 aromatic rings. The van der Waals surface area contributed by atoms with Gasteiger partial charge in [0.2, 0.25) is 0 Å². The largest absolute Gasteiger partial charge is 0.0993 e. The molecular formula is C21H24. The van der Waals surface area contributed by atoms with Crippen molar-refractivity contribution >= 4 is 5.57 Å². The average molecular weight is 276 g/mol. The van der Waals surface area contributed by atoms with Crippen LogP contribution in [0.5, 0.6) is 0 Å². The van der Waals surface area contributed by atoms with Gasteiger partial charge in [-0.15, -0.1) is 0 Å². The maximum atomic E-state index is 4.22. The third-order valence-electron chi connectivity index (χ3n) is 4.06. The van der Waals surface area contributed by atoms with Gasteiger partial charge in [0.15, 0.2) is 0 Å². The highest BCUT2D eigenvalue weighted by molar-refractivity contribution is 5.78. The lowest BCUT2D eigenvalue weighted by atomic mass is 9.89. The standard InChI is InChI=1S/C21H24/c1-5-9-16(2)17(3)20-12-14-21(15-13-20)18(4)19-10-7-6-8-11-19/h6-8,10-15,17H,2,4-5,9H2,1,3H3. The predicted octanol–water partition coefficient (Wildman–Crippen LogP) is 6.21. The summed E-state index contributed by atoms with van der Waals surface area (Å²) < 4.78 is 0. The molecule has 0 fully saturated rings. The summed E-state index contributed by atoms with van der Waals surface area (Å²) in [7, 11) is 0. The van der Waals surface area contributed by atoms with E-state index in [-0.39, 0.29) is 0 Å². The first-order valence-corrected chi connectivity index (χ1v) is 7.65. The van der Waals surface area contributed by atoms with Crippen LogP contribution >= 0.6 is 0 Å². The van der Waals surface area contributed by atoms with E-state index in [2.05, 4.69) is 63.4 Å². The van der Waals surface area contributed by atoms with E-state index < -0.39 is 0 Å². The Morgan fingerprint density at radius 1 is 0.905 bits per heavy atom. The van der Waals surface area contributed by atoms with Gasteiger partial charge in [0.25, 0.3) is 0 Å². The summed E-state index contributed by atoms with van der Waals surface area (Å²) in [6.07, 6.45) is 2.26. The molecule has 0 nitrogen and oxygen atoms in total. The highest BCUT2D eigenvalue weighted by Crippen LogP contribution is 2.28. The Morgan fingerprint density at radius 3 is 2.05 bits per heavy atom. The van der Waals surface area contributed by atoms with Crippen LogP contribution in [0.25, 0.3) is 5.57 Å². The summed E-state index contributed by atoms with van der Waals surface area (Å²) >= 11 is 0. The molecule has 0 aliphatic rings. The second-order valence-corrected chi connectivity index (χ2v) is 5.60. The van der Waals surface area contributed by atoms with Crippen molar-refractivity contribution in [3.05, 3.63) is 90.0 Å². The van der Waals surface area contributed by atoms with Crippen molar-refractivity contribution in [2.45, 2.75) is 32.6 Å². The van der Waals surface area contributed by atoms with Crippen LogP contribution in [0.1, 0.15) is 49.3 Å². The van der Waals surface area contributed by atoms with Gasteiger partial charge in [0, 0.05) is 5.92 Å². The summed E-state index contributed by atoms with van der Waals surface area (Å²) in [5.41, 5.74) is 6.07. The molecule has 0 amide bonds. The van der Waals surface area contributed by atoms with E-state index in [4.69, 9.17) is 0 Å². The first kappa shape index (κ1) is 15.3. The highest BCUT2D eigenvalue weighted by Gasteiger charge is 2.09. The predicted molar refractivity (Wildman–Crippen MR) is 93.5 cm³/mol.